The lowest BCUT2D eigenvalue weighted by Gasteiger charge is -2.29. The first-order valence-corrected chi connectivity index (χ1v) is 9.04. The number of amides is 4. The third-order valence-corrected chi connectivity index (χ3v) is 5.08. The number of fused-ring (bicyclic) bond motifs is 2. The van der Waals surface area contributed by atoms with Crippen LogP contribution in [0, 0.1) is 0 Å². The SMILES string of the molecule is CCCCON1C(=O)N2C[C@H]1CC[C@H]2C(=O)NNC(=O)CC1(N)CC1. The number of nitrogens with two attached hydrogens (primary N) is 1. The molecule has 3 fully saturated rings. The van der Waals surface area contributed by atoms with Crippen LogP contribution in [0.1, 0.15) is 51.9 Å². The van der Waals surface area contributed by atoms with E-state index in [9.17, 15) is 14.4 Å². The molecule has 2 bridgehead atoms. The number of piperidine rings is 1. The van der Waals surface area contributed by atoms with Crippen LogP contribution in [0.25, 0.3) is 0 Å². The fourth-order valence-corrected chi connectivity index (χ4v) is 3.29. The molecule has 2 atom stereocenters. The molecule has 1 saturated carbocycles. The van der Waals surface area contributed by atoms with Crippen molar-refractivity contribution in [2.45, 2.75) is 69.5 Å². The van der Waals surface area contributed by atoms with Crippen molar-refractivity contribution in [2.75, 3.05) is 13.2 Å². The van der Waals surface area contributed by atoms with Crippen LogP contribution >= 0.6 is 0 Å². The minimum atomic E-state index is -0.586. The first kappa shape index (κ1) is 17.9. The van der Waals surface area contributed by atoms with E-state index in [1.54, 1.807) is 0 Å². The Hall–Kier alpha value is -1.87. The van der Waals surface area contributed by atoms with Gasteiger partial charge in [-0.3, -0.25) is 25.3 Å². The number of unbranched alkanes of at least 4 members (excludes halogenated alkanes) is 1. The maximum atomic E-state index is 12.5. The Balaban J connectivity index is 1.49. The lowest BCUT2D eigenvalue weighted by atomic mass is 10.0. The van der Waals surface area contributed by atoms with Gasteiger partial charge >= 0.3 is 6.03 Å². The first-order valence-electron chi connectivity index (χ1n) is 9.04. The molecular weight excluding hydrogens is 326 g/mol. The Morgan fingerprint density at radius 2 is 2.08 bits per heavy atom. The molecule has 4 amide bonds. The summed E-state index contributed by atoms with van der Waals surface area (Å²) in [5.74, 6) is -0.684. The van der Waals surface area contributed by atoms with E-state index in [2.05, 4.69) is 17.8 Å². The normalized spacial score (nSPS) is 26.6. The quantitative estimate of drug-likeness (QED) is 0.440. The zero-order valence-electron chi connectivity index (χ0n) is 14.6. The average Bonchev–Trinajstić information content (AvgIpc) is 3.26. The second-order valence-corrected chi connectivity index (χ2v) is 7.27. The van der Waals surface area contributed by atoms with Crippen molar-refractivity contribution in [2.24, 2.45) is 5.73 Å². The van der Waals surface area contributed by atoms with Crippen LogP contribution in [-0.2, 0) is 14.4 Å². The monoisotopic (exact) mass is 353 g/mol. The molecule has 0 aromatic rings. The van der Waals surface area contributed by atoms with E-state index in [0.29, 0.717) is 26.0 Å². The maximum absolute atomic E-state index is 12.5. The van der Waals surface area contributed by atoms with E-state index >= 15 is 0 Å². The van der Waals surface area contributed by atoms with Crippen LogP contribution in [0.2, 0.25) is 0 Å². The number of hydrogen-bond acceptors (Lipinski definition) is 5. The van der Waals surface area contributed by atoms with Crippen LogP contribution in [0.5, 0.6) is 0 Å². The Morgan fingerprint density at radius 3 is 2.76 bits per heavy atom. The number of hydrazine groups is 1. The molecule has 2 saturated heterocycles. The summed E-state index contributed by atoms with van der Waals surface area (Å²) in [6.07, 6.45) is 4.98. The summed E-state index contributed by atoms with van der Waals surface area (Å²) in [5, 5.41) is 1.41. The van der Waals surface area contributed by atoms with Crippen molar-refractivity contribution in [1.82, 2.24) is 20.8 Å². The molecule has 2 heterocycles. The molecule has 0 aromatic carbocycles. The van der Waals surface area contributed by atoms with Gasteiger partial charge in [-0.25, -0.2) is 4.79 Å². The Labute approximate surface area is 147 Å². The molecule has 3 aliphatic rings. The van der Waals surface area contributed by atoms with Crippen molar-refractivity contribution in [1.29, 1.82) is 0 Å². The number of nitrogens with one attached hydrogen (secondary N) is 2. The van der Waals surface area contributed by atoms with Crippen molar-refractivity contribution < 1.29 is 19.2 Å². The van der Waals surface area contributed by atoms with Crippen molar-refractivity contribution in [3.05, 3.63) is 0 Å². The van der Waals surface area contributed by atoms with E-state index in [1.807, 2.05) is 0 Å². The van der Waals surface area contributed by atoms with Gasteiger partial charge < -0.3 is 10.6 Å². The molecular formula is C16H27N5O4. The van der Waals surface area contributed by atoms with Gasteiger partial charge in [-0.2, -0.15) is 5.06 Å². The smallest absolute Gasteiger partial charge is 0.325 e. The number of carbonyl (C=O) groups excluding carboxylic acids is 3. The highest BCUT2D eigenvalue weighted by Gasteiger charge is 2.48. The van der Waals surface area contributed by atoms with Crippen LogP contribution < -0.4 is 16.6 Å². The highest BCUT2D eigenvalue weighted by atomic mass is 16.7. The van der Waals surface area contributed by atoms with Crippen molar-refractivity contribution >= 4 is 17.8 Å². The maximum Gasteiger partial charge on any atom is 0.345 e. The number of hydrogen-bond donors (Lipinski definition) is 3. The molecule has 9 nitrogen and oxygen atoms in total. The van der Waals surface area contributed by atoms with E-state index in [1.165, 1.54) is 9.96 Å². The topological polar surface area (TPSA) is 117 Å². The first-order chi connectivity index (χ1) is 11.9. The number of rotatable bonds is 7. The number of carbonyl (C=O) groups is 3. The van der Waals surface area contributed by atoms with Crippen LogP contribution in [0.3, 0.4) is 0 Å². The predicted molar refractivity (Wildman–Crippen MR) is 88.7 cm³/mol. The van der Waals surface area contributed by atoms with Gasteiger partial charge in [0.1, 0.15) is 6.04 Å². The number of urea groups is 1. The fourth-order valence-electron chi connectivity index (χ4n) is 3.29. The highest BCUT2D eigenvalue weighted by molar-refractivity contribution is 5.90. The molecule has 25 heavy (non-hydrogen) atoms. The third kappa shape index (κ3) is 4.04. The average molecular weight is 353 g/mol. The molecule has 1 aliphatic carbocycles. The van der Waals surface area contributed by atoms with E-state index in [-0.39, 0.29) is 30.3 Å². The molecule has 3 rings (SSSR count). The largest absolute Gasteiger partial charge is 0.345 e. The minimum absolute atomic E-state index is 0.00466. The zero-order valence-corrected chi connectivity index (χ0v) is 14.6. The van der Waals surface area contributed by atoms with Crippen LogP contribution in [-0.4, -0.2) is 58.6 Å². The zero-order chi connectivity index (χ0) is 18.0. The van der Waals surface area contributed by atoms with Gasteiger partial charge in [-0.15, -0.1) is 0 Å². The van der Waals surface area contributed by atoms with Gasteiger partial charge in [-0.1, -0.05) is 13.3 Å². The van der Waals surface area contributed by atoms with Crippen molar-refractivity contribution in [3.8, 4) is 0 Å². The number of hydroxylamine groups is 2. The van der Waals surface area contributed by atoms with Gasteiger partial charge in [-0.05, 0) is 32.1 Å². The summed E-state index contributed by atoms with van der Waals surface area (Å²) in [6.45, 7) is 3.03. The Kier molecular flexibility index (Phi) is 5.14. The van der Waals surface area contributed by atoms with Gasteiger partial charge in [0.25, 0.3) is 5.91 Å². The molecule has 2 aliphatic heterocycles. The van der Waals surface area contributed by atoms with Gasteiger partial charge in [0.05, 0.1) is 12.6 Å². The van der Waals surface area contributed by atoms with Crippen LogP contribution in [0.4, 0.5) is 4.79 Å². The summed E-state index contributed by atoms with van der Waals surface area (Å²) in [4.78, 5) is 43.7. The molecule has 4 N–H and O–H groups in total. The summed E-state index contributed by atoms with van der Waals surface area (Å²) >= 11 is 0. The van der Waals surface area contributed by atoms with Crippen LogP contribution in [0.15, 0.2) is 0 Å². The van der Waals surface area contributed by atoms with E-state index < -0.39 is 11.6 Å². The minimum Gasteiger partial charge on any atom is -0.325 e. The second-order valence-electron chi connectivity index (χ2n) is 7.27. The molecule has 0 unspecified atom stereocenters. The van der Waals surface area contributed by atoms with E-state index in [0.717, 1.165) is 25.7 Å². The van der Waals surface area contributed by atoms with Crippen molar-refractivity contribution in [3.63, 3.8) is 0 Å². The van der Waals surface area contributed by atoms with Gasteiger partial charge in [0, 0.05) is 18.5 Å². The molecule has 0 aromatic heterocycles. The standard InChI is InChI=1S/C16H27N5O4/c1-2-3-8-25-21-11-4-5-12(20(10-11)15(21)24)14(23)19-18-13(22)9-16(17)6-7-16/h11-12H,2-10,17H2,1H3,(H,18,22)(H,19,23)/t11-,12+/m1/s1. The highest BCUT2D eigenvalue weighted by Crippen LogP contribution is 2.35. The predicted octanol–water partition coefficient (Wildman–Crippen LogP) is 0.0155. The lowest BCUT2D eigenvalue weighted by Crippen LogP contribution is -2.54. The summed E-state index contributed by atoms with van der Waals surface area (Å²) in [5.41, 5.74) is 10.3. The van der Waals surface area contributed by atoms with Gasteiger partial charge in [0.2, 0.25) is 5.91 Å². The fraction of sp³-hybridized carbons (Fsp3) is 0.812. The van der Waals surface area contributed by atoms with Gasteiger partial charge in [0.15, 0.2) is 0 Å². The Bertz CT molecular complexity index is 551. The molecule has 0 radical (unpaired) electrons. The summed E-state index contributed by atoms with van der Waals surface area (Å²) < 4.78 is 0. The summed E-state index contributed by atoms with van der Waals surface area (Å²) in [6, 6.07) is -0.865. The van der Waals surface area contributed by atoms with E-state index in [4.69, 9.17) is 10.6 Å². The molecule has 0 spiro atoms. The lowest BCUT2D eigenvalue weighted by molar-refractivity contribution is -0.132. The molecule has 9 heteroatoms. The number of nitrogens with zero attached hydrogens (tertiary/aromatic N) is 2. The molecule has 140 valence electrons. The second kappa shape index (κ2) is 7.17. The Morgan fingerprint density at radius 1 is 1.32 bits per heavy atom. The summed E-state index contributed by atoms with van der Waals surface area (Å²) in [7, 11) is 0. The third-order valence-electron chi connectivity index (χ3n) is 5.08.